The second-order valence-corrected chi connectivity index (χ2v) is 5.17. The van der Waals surface area contributed by atoms with Crippen LogP contribution in [0, 0.1) is 0 Å². The van der Waals surface area contributed by atoms with Gasteiger partial charge >= 0.3 is 0 Å². The molecule has 4 nitrogen and oxygen atoms in total. The molecule has 96 valence electrons. The van der Waals surface area contributed by atoms with Crippen molar-refractivity contribution in [3.63, 3.8) is 0 Å². The Bertz CT molecular complexity index is 537. The number of nitrogens with zero attached hydrogens (tertiary/aromatic N) is 2. The van der Waals surface area contributed by atoms with E-state index in [1.165, 1.54) is 0 Å². The first-order chi connectivity index (χ1) is 8.59. The van der Waals surface area contributed by atoms with Crippen LogP contribution in [-0.4, -0.2) is 9.78 Å². The molecule has 0 spiro atoms. The maximum absolute atomic E-state index is 6.02. The fraction of sp³-hybridized carbons (Fsp3) is 0.308. The van der Waals surface area contributed by atoms with E-state index in [0.717, 1.165) is 15.8 Å². The van der Waals surface area contributed by atoms with Crippen molar-refractivity contribution >= 4 is 21.7 Å². The van der Waals surface area contributed by atoms with Gasteiger partial charge in [-0.3, -0.25) is 0 Å². The number of anilines is 1. The molecule has 0 unspecified atom stereocenters. The highest BCUT2D eigenvalue weighted by atomic mass is 79.9. The molecule has 0 saturated carbocycles. The maximum Gasteiger partial charge on any atom is 0.133 e. The molecule has 18 heavy (non-hydrogen) atoms. The van der Waals surface area contributed by atoms with Gasteiger partial charge in [0.05, 0.1) is 16.2 Å². The second-order valence-electron chi connectivity index (χ2n) is 4.31. The highest BCUT2D eigenvalue weighted by Crippen LogP contribution is 2.25. The Kier molecular flexibility index (Phi) is 3.91. The van der Waals surface area contributed by atoms with Gasteiger partial charge in [-0.25, -0.2) is 4.68 Å². The Morgan fingerprint density at radius 2 is 2.11 bits per heavy atom. The molecule has 0 saturated heterocycles. The predicted molar refractivity (Wildman–Crippen MR) is 75.5 cm³/mol. The lowest BCUT2D eigenvalue weighted by Crippen LogP contribution is -2.08. The van der Waals surface area contributed by atoms with Crippen LogP contribution in [0.25, 0.3) is 0 Å². The van der Waals surface area contributed by atoms with Gasteiger partial charge in [0.25, 0.3) is 0 Å². The molecule has 0 amide bonds. The first-order valence-electron chi connectivity index (χ1n) is 5.78. The molecule has 2 aromatic rings. The Morgan fingerprint density at radius 1 is 1.39 bits per heavy atom. The van der Waals surface area contributed by atoms with Crippen molar-refractivity contribution in [2.75, 3.05) is 5.73 Å². The Hall–Kier alpha value is -1.49. The molecule has 1 heterocycles. The summed E-state index contributed by atoms with van der Waals surface area (Å²) in [4.78, 5) is 0. The van der Waals surface area contributed by atoms with E-state index in [1.807, 2.05) is 38.1 Å². The van der Waals surface area contributed by atoms with Gasteiger partial charge < -0.3 is 10.5 Å². The van der Waals surface area contributed by atoms with Crippen LogP contribution in [0.3, 0.4) is 0 Å². The van der Waals surface area contributed by atoms with E-state index < -0.39 is 0 Å². The van der Waals surface area contributed by atoms with Crippen LogP contribution in [-0.2, 0) is 6.61 Å². The van der Waals surface area contributed by atoms with Crippen LogP contribution >= 0.6 is 15.9 Å². The summed E-state index contributed by atoms with van der Waals surface area (Å²) in [6.45, 7) is 4.50. The summed E-state index contributed by atoms with van der Waals surface area (Å²) < 4.78 is 8.44. The van der Waals surface area contributed by atoms with Crippen molar-refractivity contribution in [3.05, 3.63) is 40.5 Å². The van der Waals surface area contributed by atoms with Gasteiger partial charge in [-0.05, 0) is 41.9 Å². The molecule has 1 aromatic heterocycles. The third kappa shape index (κ3) is 2.67. The van der Waals surface area contributed by atoms with Crippen LogP contribution in [0.2, 0.25) is 0 Å². The zero-order valence-electron chi connectivity index (χ0n) is 10.4. The number of halogens is 1. The first-order valence-corrected chi connectivity index (χ1v) is 6.58. The fourth-order valence-electron chi connectivity index (χ4n) is 1.65. The molecule has 1 aromatic carbocycles. The second kappa shape index (κ2) is 5.44. The molecule has 5 heteroatoms. The molecule has 0 aliphatic carbocycles. The summed E-state index contributed by atoms with van der Waals surface area (Å²) in [5, 5.41) is 4.25. The van der Waals surface area contributed by atoms with Crippen molar-refractivity contribution in [1.82, 2.24) is 9.78 Å². The van der Waals surface area contributed by atoms with Gasteiger partial charge in [-0.1, -0.05) is 12.1 Å². The number of rotatable bonds is 4. The van der Waals surface area contributed by atoms with Crippen molar-refractivity contribution in [3.8, 4) is 5.75 Å². The quantitative estimate of drug-likeness (QED) is 0.942. The average Bonchev–Trinajstić information content (AvgIpc) is 2.70. The molecule has 0 fully saturated rings. The number of nitrogens with two attached hydrogens (primary N) is 1. The minimum atomic E-state index is 0.252. The van der Waals surface area contributed by atoms with Crippen LogP contribution in [0.1, 0.15) is 25.5 Å². The summed E-state index contributed by atoms with van der Waals surface area (Å²) in [6.07, 6.45) is 1.76. The molecule has 0 aliphatic heterocycles. The number of para-hydroxylation sites is 1. The molecule has 0 bridgehead atoms. The third-order valence-electron chi connectivity index (χ3n) is 2.62. The summed E-state index contributed by atoms with van der Waals surface area (Å²) >= 11 is 3.44. The Morgan fingerprint density at radius 3 is 2.72 bits per heavy atom. The van der Waals surface area contributed by atoms with Crippen molar-refractivity contribution in [2.45, 2.75) is 26.5 Å². The number of nitrogen functional groups attached to an aromatic ring is 1. The largest absolute Gasteiger partial charge is 0.488 e. The van der Waals surface area contributed by atoms with E-state index in [4.69, 9.17) is 10.5 Å². The highest BCUT2D eigenvalue weighted by molar-refractivity contribution is 9.10. The number of aromatic nitrogens is 2. The Labute approximate surface area is 115 Å². The molecular weight excluding hydrogens is 294 g/mol. The minimum Gasteiger partial charge on any atom is -0.488 e. The van der Waals surface area contributed by atoms with E-state index in [1.54, 1.807) is 10.9 Å². The van der Waals surface area contributed by atoms with E-state index >= 15 is 0 Å². The van der Waals surface area contributed by atoms with Gasteiger partial charge in [0.1, 0.15) is 18.2 Å². The van der Waals surface area contributed by atoms with Crippen LogP contribution in [0.4, 0.5) is 5.82 Å². The maximum atomic E-state index is 6.02. The average molecular weight is 310 g/mol. The molecule has 2 N–H and O–H groups in total. The normalized spacial score (nSPS) is 10.9. The van der Waals surface area contributed by atoms with Crippen molar-refractivity contribution < 1.29 is 4.74 Å². The van der Waals surface area contributed by atoms with Crippen molar-refractivity contribution in [1.29, 1.82) is 0 Å². The smallest absolute Gasteiger partial charge is 0.133 e. The van der Waals surface area contributed by atoms with Gasteiger partial charge in [0.2, 0.25) is 0 Å². The number of ether oxygens (including phenoxy) is 1. The number of hydrogen-bond acceptors (Lipinski definition) is 3. The first kappa shape index (κ1) is 13.0. The predicted octanol–water partition coefficient (Wildman–Crippen LogP) is 3.39. The Balaban J connectivity index is 2.09. The standard InChI is InChI=1S/C13H16BrN3O/c1-9(2)17-13(15)10(7-16-17)8-18-12-6-4-3-5-11(12)14/h3-7,9H,8,15H2,1-2H3. The van der Waals surface area contributed by atoms with Gasteiger partial charge in [-0.2, -0.15) is 5.10 Å². The third-order valence-corrected chi connectivity index (χ3v) is 3.28. The number of benzene rings is 1. The molecule has 2 rings (SSSR count). The topological polar surface area (TPSA) is 53.1 Å². The van der Waals surface area contributed by atoms with Crippen molar-refractivity contribution in [2.24, 2.45) is 0 Å². The zero-order valence-corrected chi connectivity index (χ0v) is 12.0. The SMILES string of the molecule is CC(C)n1ncc(COc2ccccc2Br)c1N. The molecule has 0 radical (unpaired) electrons. The van der Waals surface area contributed by atoms with E-state index in [-0.39, 0.29) is 6.04 Å². The molecule has 0 aliphatic rings. The summed E-state index contributed by atoms with van der Waals surface area (Å²) in [5.74, 6) is 1.46. The van der Waals surface area contributed by atoms with Crippen LogP contribution < -0.4 is 10.5 Å². The summed E-state index contributed by atoms with van der Waals surface area (Å²) in [7, 11) is 0. The van der Waals surface area contributed by atoms with Crippen LogP contribution in [0.5, 0.6) is 5.75 Å². The van der Waals surface area contributed by atoms with Gasteiger partial charge in [0, 0.05) is 6.04 Å². The lowest BCUT2D eigenvalue weighted by atomic mass is 10.3. The lowest BCUT2D eigenvalue weighted by molar-refractivity contribution is 0.305. The zero-order chi connectivity index (χ0) is 13.1. The van der Waals surface area contributed by atoms with Gasteiger partial charge in [0.15, 0.2) is 0 Å². The molecular formula is C13H16BrN3O. The van der Waals surface area contributed by atoms with Gasteiger partial charge in [-0.15, -0.1) is 0 Å². The molecule has 0 atom stereocenters. The lowest BCUT2D eigenvalue weighted by Gasteiger charge is -2.10. The van der Waals surface area contributed by atoms with E-state index in [0.29, 0.717) is 12.4 Å². The van der Waals surface area contributed by atoms with Crippen LogP contribution in [0.15, 0.2) is 34.9 Å². The monoisotopic (exact) mass is 309 g/mol. The van der Waals surface area contributed by atoms with E-state index in [2.05, 4.69) is 21.0 Å². The summed E-state index contributed by atoms with van der Waals surface area (Å²) in [6, 6.07) is 7.98. The highest BCUT2D eigenvalue weighted by Gasteiger charge is 2.10. The summed E-state index contributed by atoms with van der Waals surface area (Å²) in [5.41, 5.74) is 6.92. The number of hydrogen-bond donors (Lipinski definition) is 1. The van der Waals surface area contributed by atoms with E-state index in [9.17, 15) is 0 Å². The minimum absolute atomic E-state index is 0.252. The fourth-order valence-corrected chi connectivity index (χ4v) is 2.05.